The van der Waals surface area contributed by atoms with Crippen molar-refractivity contribution < 1.29 is 9.53 Å². The normalized spacial score (nSPS) is 10.2. The second kappa shape index (κ2) is 7.45. The highest BCUT2D eigenvalue weighted by atomic mass is 79.9. The molecule has 6 heteroatoms. The Hall–Kier alpha value is -1.56. The monoisotopic (exact) mass is 368 g/mol. The lowest BCUT2D eigenvalue weighted by atomic mass is 10.2. The van der Waals surface area contributed by atoms with Crippen molar-refractivity contribution in [3.8, 4) is 5.75 Å². The second-order valence-corrected chi connectivity index (χ2v) is 5.64. The van der Waals surface area contributed by atoms with Crippen LogP contribution in [-0.2, 0) is 11.3 Å². The fraction of sp³-hybridized carbons (Fsp3) is 0.133. The molecule has 0 aromatic heterocycles. The van der Waals surface area contributed by atoms with Gasteiger partial charge in [0.15, 0.2) is 6.61 Å². The standard InChI is InChI=1S/C15H14BrClN2O2/c16-11-2-1-3-12(7-11)19-15(20)9-21-14-5-4-10(8-18)6-13(14)17/h1-7H,8-9,18H2,(H,19,20). The van der Waals surface area contributed by atoms with Crippen LogP contribution >= 0.6 is 27.5 Å². The second-order valence-electron chi connectivity index (χ2n) is 4.32. The summed E-state index contributed by atoms with van der Waals surface area (Å²) in [5.41, 5.74) is 7.13. The van der Waals surface area contributed by atoms with Crippen LogP contribution in [0.2, 0.25) is 5.02 Å². The molecule has 2 rings (SSSR count). The number of carbonyl (C=O) groups is 1. The van der Waals surface area contributed by atoms with Gasteiger partial charge in [0.25, 0.3) is 5.91 Å². The zero-order valence-corrected chi connectivity index (χ0v) is 13.4. The van der Waals surface area contributed by atoms with Gasteiger partial charge >= 0.3 is 0 Å². The van der Waals surface area contributed by atoms with Crippen molar-refractivity contribution in [2.75, 3.05) is 11.9 Å². The van der Waals surface area contributed by atoms with Crippen molar-refractivity contribution in [1.29, 1.82) is 0 Å². The van der Waals surface area contributed by atoms with Crippen molar-refractivity contribution in [3.05, 3.63) is 57.5 Å². The Bertz CT molecular complexity index is 649. The van der Waals surface area contributed by atoms with Gasteiger partial charge in [-0.2, -0.15) is 0 Å². The van der Waals surface area contributed by atoms with Gasteiger partial charge in [-0.15, -0.1) is 0 Å². The zero-order valence-electron chi connectivity index (χ0n) is 11.1. The van der Waals surface area contributed by atoms with Gasteiger partial charge in [0.05, 0.1) is 5.02 Å². The molecule has 3 N–H and O–H groups in total. The summed E-state index contributed by atoms with van der Waals surface area (Å²) in [6.07, 6.45) is 0. The summed E-state index contributed by atoms with van der Waals surface area (Å²) in [4.78, 5) is 11.8. The summed E-state index contributed by atoms with van der Waals surface area (Å²) in [5.74, 6) is 0.199. The van der Waals surface area contributed by atoms with Crippen LogP contribution in [0.4, 0.5) is 5.69 Å². The first-order valence-corrected chi connectivity index (χ1v) is 7.42. The molecule has 0 atom stereocenters. The predicted molar refractivity (Wildman–Crippen MR) is 87.6 cm³/mol. The van der Waals surface area contributed by atoms with Crippen LogP contribution in [0.3, 0.4) is 0 Å². The summed E-state index contributed by atoms with van der Waals surface area (Å²) in [7, 11) is 0. The van der Waals surface area contributed by atoms with E-state index in [1.54, 1.807) is 24.3 Å². The van der Waals surface area contributed by atoms with E-state index in [1.807, 2.05) is 18.2 Å². The number of anilines is 1. The molecular formula is C15H14BrClN2O2. The summed E-state index contributed by atoms with van der Waals surface area (Å²) in [6, 6.07) is 12.6. The van der Waals surface area contributed by atoms with E-state index in [4.69, 9.17) is 22.1 Å². The highest BCUT2D eigenvalue weighted by Crippen LogP contribution is 2.25. The molecular weight excluding hydrogens is 356 g/mol. The highest BCUT2D eigenvalue weighted by molar-refractivity contribution is 9.10. The van der Waals surface area contributed by atoms with Crippen LogP contribution in [0.1, 0.15) is 5.56 Å². The van der Waals surface area contributed by atoms with Crippen molar-refractivity contribution in [2.45, 2.75) is 6.54 Å². The average Bonchev–Trinajstić information content (AvgIpc) is 2.46. The first-order valence-electron chi connectivity index (χ1n) is 6.25. The molecule has 4 nitrogen and oxygen atoms in total. The number of amides is 1. The number of hydrogen-bond acceptors (Lipinski definition) is 3. The number of hydrogen-bond donors (Lipinski definition) is 2. The van der Waals surface area contributed by atoms with E-state index in [9.17, 15) is 4.79 Å². The van der Waals surface area contributed by atoms with Crippen LogP contribution < -0.4 is 15.8 Å². The molecule has 0 saturated carbocycles. The summed E-state index contributed by atoms with van der Waals surface area (Å²) >= 11 is 9.39. The number of rotatable bonds is 5. The Morgan fingerprint density at radius 1 is 1.29 bits per heavy atom. The fourth-order valence-electron chi connectivity index (χ4n) is 1.69. The van der Waals surface area contributed by atoms with Gasteiger partial charge in [0.2, 0.25) is 0 Å². The van der Waals surface area contributed by atoms with E-state index in [0.29, 0.717) is 23.0 Å². The molecule has 0 heterocycles. The van der Waals surface area contributed by atoms with Crippen LogP contribution in [0.25, 0.3) is 0 Å². The minimum absolute atomic E-state index is 0.117. The summed E-state index contributed by atoms with van der Waals surface area (Å²) in [5, 5.41) is 3.18. The van der Waals surface area contributed by atoms with Crippen molar-refractivity contribution >= 4 is 39.1 Å². The lowest BCUT2D eigenvalue weighted by Gasteiger charge is -2.10. The largest absolute Gasteiger partial charge is 0.482 e. The van der Waals surface area contributed by atoms with Crippen LogP contribution in [0.5, 0.6) is 5.75 Å². The minimum Gasteiger partial charge on any atom is -0.482 e. The Morgan fingerprint density at radius 2 is 2.10 bits per heavy atom. The zero-order chi connectivity index (χ0) is 15.2. The Labute approximate surface area is 136 Å². The van der Waals surface area contributed by atoms with E-state index < -0.39 is 0 Å². The maximum atomic E-state index is 11.8. The van der Waals surface area contributed by atoms with Gasteiger partial charge in [-0.1, -0.05) is 39.7 Å². The lowest BCUT2D eigenvalue weighted by Crippen LogP contribution is -2.20. The van der Waals surface area contributed by atoms with Crippen molar-refractivity contribution in [3.63, 3.8) is 0 Å². The van der Waals surface area contributed by atoms with Crippen LogP contribution in [0.15, 0.2) is 46.9 Å². The smallest absolute Gasteiger partial charge is 0.262 e. The molecule has 21 heavy (non-hydrogen) atoms. The summed E-state index contributed by atoms with van der Waals surface area (Å²) in [6.45, 7) is 0.289. The number of nitrogens with one attached hydrogen (secondary N) is 1. The molecule has 0 unspecified atom stereocenters. The predicted octanol–water partition coefficient (Wildman–Crippen LogP) is 3.58. The first-order chi connectivity index (χ1) is 10.1. The van der Waals surface area contributed by atoms with Gasteiger partial charge in [-0.25, -0.2) is 0 Å². The van der Waals surface area contributed by atoms with Crippen LogP contribution in [-0.4, -0.2) is 12.5 Å². The molecule has 0 saturated heterocycles. The van der Waals surface area contributed by atoms with Gasteiger partial charge in [-0.3, -0.25) is 4.79 Å². The quantitative estimate of drug-likeness (QED) is 0.846. The third-order valence-corrected chi connectivity index (χ3v) is 3.49. The van der Waals surface area contributed by atoms with Gasteiger partial charge in [0, 0.05) is 16.7 Å². The lowest BCUT2D eigenvalue weighted by molar-refractivity contribution is -0.118. The SMILES string of the molecule is NCc1ccc(OCC(=O)Nc2cccc(Br)c2)c(Cl)c1. The van der Waals surface area contributed by atoms with Crippen LogP contribution in [0, 0.1) is 0 Å². The van der Waals surface area contributed by atoms with E-state index in [-0.39, 0.29) is 12.5 Å². The summed E-state index contributed by atoms with van der Waals surface area (Å²) < 4.78 is 6.29. The van der Waals surface area contributed by atoms with Gasteiger partial charge in [0.1, 0.15) is 5.75 Å². The Kier molecular flexibility index (Phi) is 5.61. The molecule has 110 valence electrons. The maximum Gasteiger partial charge on any atom is 0.262 e. The Balaban J connectivity index is 1.92. The fourth-order valence-corrected chi connectivity index (χ4v) is 2.35. The molecule has 0 bridgehead atoms. The Morgan fingerprint density at radius 3 is 2.76 bits per heavy atom. The van der Waals surface area contributed by atoms with E-state index >= 15 is 0 Å². The molecule has 2 aromatic rings. The molecule has 0 spiro atoms. The molecule has 0 radical (unpaired) electrons. The third-order valence-electron chi connectivity index (χ3n) is 2.70. The van der Waals surface area contributed by atoms with Crippen molar-refractivity contribution in [2.24, 2.45) is 5.73 Å². The number of carbonyl (C=O) groups excluding carboxylic acids is 1. The molecule has 0 aliphatic heterocycles. The average molecular weight is 370 g/mol. The third kappa shape index (κ3) is 4.74. The number of nitrogens with two attached hydrogens (primary N) is 1. The topological polar surface area (TPSA) is 64.3 Å². The number of benzene rings is 2. The van der Waals surface area contributed by atoms with E-state index in [1.165, 1.54) is 0 Å². The maximum absolute atomic E-state index is 11.8. The first kappa shape index (κ1) is 15.8. The molecule has 0 aliphatic rings. The van der Waals surface area contributed by atoms with Gasteiger partial charge in [-0.05, 0) is 35.9 Å². The molecule has 0 fully saturated rings. The van der Waals surface area contributed by atoms with Gasteiger partial charge < -0.3 is 15.8 Å². The highest BCUT2D eigenvalue weighted by Gasteiger charge is 2.07. The van der Waals surface area contributed by atoms with Crippen molar-refractivity contribution in [1.82, 2.24) is 0 Å². The number of halogens is 2. The molecule has 1 amide bonds. The molecule has 2 aromatic carbocycles. The minimum atomic E-state index is -0.257. The van der Waals surface area contributed by atoms with E-state index in [0.717, 1.165) is 10.0 Å². The molecule has 0 aliphatic carbocycles. The van der Waals surface area contributed by atoms with E-state index in [2.05, 4.69) is 21.2 Å². The number of ether oxygens (including phenoxy) is 1.